The van der Waals surface area contributed by atoms with E-state index < -0.39 is 0 Å². The Balaban J connectivity index is 1.32. The van der Waals surface area contributed by atoms with Crippen molar-refractivity contribution in [3.8, 4) is 0 Å². The molecular formula is C22H14N4O2S2. The first kappa shape index (κ1) is 18.4. The molecule has 0 saturated carbocycles. The van der Waals surface area contributed by atoms with Gasteiger partial charge in [-0.2, -0.15) is 0 Å². The van der Waals surface area contributed by atoms with Gasteiger partial charge in [0.1, 0.15) is 0 Å². The molecule has 5 aromatic rings. The van der Waals surface area contributed by atoms with Crippen molar-refractivity contribution >= 4 is 66.3 Å². The molecule has 3 aromatic carbocycles. The molecule has 2 amide bonds. The Morgan fingerprint density at radius 3 is 1.57 bits per heavy atom. The SMILES string of the molecule is O=C(Nc1cccc(NC(=O)c2nc3ccccc3s2)c1)c1nc2ccccc2s1. The van der Waals surface area contributed by atoms with Crippen LogP contribution in [0.3, 0.4) is 0 Å². The quantitative estimate of drug-likeness (QED) is 0.399. The third-order valence-electron chi connectivity index (χ3n) is 4.35. The summed E-state index contributed by atoms with van der Waals surface area (Å²) in [6.07, 6.45) is 0. The number of anilines is 2. The normalized spacial score (nSPS) is 10.9. The van der Waals surface area contributed by atoms with E-state index in [1.54, 1.807) is 24.3 Å². The van der Waals surface area contributed by atoms with Crippen molar-refractivity contribution in [1.82, 2.24) is 9.97 Å². The van der Waals surface area contributed by atoms with Crippen LogP contribution in [-0.4, -0.2) is 21.8 Å². The fourth-order valence-electron chi connectivity index (χ4n) is 2.98. The molecule has 0 unspecified atom stereocenters. The number of thiazole rings is 2. The Hall–Kier alpha value is -3.62. The highest BCUT2D eigenvalue weighted by Crippen LogP contribution is 2.25. The maximum absolute atomic E-state index is 12.6. The second-order valence-electron chi connectivity index (χ2n) is 6.46. The molecule has 8 heteroatoms. The zero-order valence-corrected chi connectivity index (χ0v) is 17.1. The number of carbonyl (C=O) groups excluding carboxylic acids is 2. The molecule has 146 valence electrons. The number of hydrogen-bond acceptors (Lipinski definition) is 6. The van der Waals surface area contributed by atoms with Crippen molar-refractivity contribution in [3.05, 3.63) is 82.8 Å². The number of hydrogen-bond donors (Lipinski definition) is 2. The highest BCUT2D eigenvalue weighted by molar-refractivity contribution is 7.20. The van der Waals surface area contributed by atoms with Crippen LogP contribution in [-0.2, 0) is 0 Å². The van der Waals surface area contributed by atoms with E-state index in [9.17, 15) is 9.59 Å². The Morgan fingerprint density at radius 2 is 1.10 bits per heavy atom. The van der Waals surface area contributed by atoms with Crippen molar-refractivity contribution in [2.45, 2.75) is 0 Å². The Morgan fingerprint density at radius 1 is 0.633 bits per heavy atom. The van der Waals surface area contributed by atoms with E-state index >= 15 is 0 Å². The van der Waals surface area contributed by atoms with Gasteiger partial charge in [-0.3, -0.25) is 9.59 Å². The molecule has 0 spiro atoms. The first-order chi connectivity index (χ1) is 14.7. The van der Waals surface area contributed by atoms with Crippen molar-refractivity contribution < 1.29 is 9.59 Å². The molecule has 2 aromatic heterocycles. The number of nitrogens with one attached hydrogen (secondary N) is 2. The van der Waals surface area contributed by atoms with Crippen LogP contribution in [0.1, 0.15) is 19.6 Å². The topological polar surface area (TPSA) is 84.0 Å². The minimum Gasteiger partial charge on any atom is -0.320 e. The van der Waals surface area contributed by atoms with E-state index in [4.69, 9.17) is 0 Å². The number of rotatable bonds is 4. The second kappa shape index (κ2) is 7.66. The molecule has 0 aliphatic rings. The van der Waals surface area contributed by atoms with Gasteiger partial charge in [0.25, 0.3) is 11.8 Å². The molecule has 6 nitrogen and oxygen atoms in total. The minimum absolute atomic E-state index is 0.286. The monoisotopic (exact) mass is 430 g/mol. The number of aromatic nitrogens is 2. The van der Waals surface area contributed by atoms with E-state index in [-0.39, 0.29) is 11.8 Å². The lowest BCUT2D eigenvalue weighted by Crippen LogP contribution is -2.13. The highest BCUT2D eigenvalue weighted by atomic mass is 32.1. The van der Waals surface area contributed by atoms with Crippen LogP contribution in [0, 0.1) is 0 Å². The predicted molar refractivity (Wildman–Crippen MR) is 122 cm³/mol. The fourth-order valence-corrected chi connectivity index (χ4v) is 4.70. The van der Waals surface area contributed by atoms with Crippen molar-refractivity contribution in [3.63, 3.8) is 0 Å². The molecule has 0 fully saturated rings. The molecule has 30 heavy (non-hydrogen) atoms. The smallest absolute Gasteiger partial charge is 0.284 e. The van der Waals surface area contributed by atoms with Gasteiger partial charge in [-0.15, -0.1) is 22.7 Å². The summed E-state index contributed by atoms with van der Waals surface area (Å²) in [5, 5.41) is 6.46. The predicted octanol–water partition coefficient (Wildman–Crippen LogP) is 5.41. The van der Waals surface area contributed by atoms with Crippen LogP contribution in [0.25, 0.3) is 20.4 Å². The van der Waals surface area contributed by atoms with Crippen LogP contribution in [0.5, 0.6) is 0 Å². The molecule has 0 aliphatic carbocycles. The maximum atomic E-state index is 12.6. The number of para-hydroxylation sites is 2. The Labute approximate surface area is 179 Å². The highest BCUT2D eigenvalue weighted by Gasteiger charge is 2.14. The lowest BCUT2D eigenvalue weighted by molar-refractivity contribution is 0.101. The van der Waals surface area contributed by atoms with E-state index in [2.05, 4.69) is 20.6 Å². The summed E-state index contributed by atoms with van der Waals surface area (Å²) in [6, 6.07) is 22.2. The Bertz CT molecular complexity index is 1240. The third kappa shape index (κ3) is 3.66. The molecule has 0 aliphatic heterocycles. The van der Waals surface area contributed by atoms with Crippen LogP contribution in [0.2, 0.25) is 0 Å². The van der Waals surface area contributed by atoms with Gasteiger partial charge in [-0.25, -0.2) is 9.97 Å². The van der Waals surface area contributed by atoms with Crippen molar-refractivity contribution in [1.29, 1.82) is 0 Å². The van der Waals surface area contributed by atoms with Crippen LogP contribution >= 0.6 is 22.7 Å². The molecule has 0 atom stereocenters. The second-order valence-corrected chi connectivity index (χ2v) is 8.52. The summed E-state index contributed by atoms with van der Waals surface area (Å²) in [7, 11) is 0. The van der Waals surface area contributed by atoms with E-state index in [0.717, 1.165) is 20.4 Å². The largest absolute Gasteiger partial charge is 0.320 e. The fraction of sp³-hybridized carbons (Fsp3) is 0. The average molecular weight is 431 g/mol. The summed E-state index contributed by atoms with van der Waals surface area (Å²) < 4.78 is 1.92. The lowest BCUT2D eigenvalue weighted by atomic mass is 10.2. The molecule has 0 radical (unpaired) electrons. The van der Waals surface area contributed by atoms with E-state index in [0.29, 0.717) is 21.4 Å². The van der Waals surface area contributed by atoms with Crippen molar-refractivity contribution in [2.24, 2.45) is 0 Å². The van der Waals surface area contributed by atoms with E-state index in [1.165, 1.54) is 22.7 Å². The number of amides is 2. The first-order valence-electron chi connectivity index (χ1n) is 9.10. The van der Waals surface area contributed by atoms with Crippen LogP contribution in [0.15, 0.2) is 72.8 Å². The molecule has 2 heterocycles. The van der Waals surface area contributed by atoms with E-state index in [1.807, 2.05) is 48.5 Å². The third-order valence-corrected chi connectivity index (χ3v) is 6.42. The summed E-state index contributed by atoms with van der Waals surface area (Å²) in [6.45, 7) is 0. The van der Waals surface area contributed by atoms with Gasteiger partial charge in [0.05, 0.1) is 20.4 Å². The number of benzene rings is 3. The molecular weight excluding hydrogens is 416 g/mol. The van der Waals surface area contributed by atoms with Crippen molar-refractivity contribution in [2.75, 3.05) is 10.6 Å². The summed E-state index contributed by atoms with van der Waals surface area (Å²) >= 11 is 2.68. The molecule has 0 saturated heterocycles. The molecule has 2 N–H and O–H groups in total. The number of nitrogens with zero attached hydrogens (tertiary/aromatic N) is 2. The van der Waals surface area contributed by atoms with Gasteiger partial charge in [0.2, 0.25) is 0 Å². The zero-order chi connectivity index (χ0) is 20.5. The molecule has 5 rings (SSSR count). The average Bonchev–Trinajstić information content (AvgIpc) is 3.38. The summed E-state index contributed by atoms with van der Waals surface area (Å²) in [5.41, 5.74) is 2.73. The number of carbonyl (C=O) groups is 2. The van der Waals surface area contributed by atoms with Gasteiger partial charge in [-0.1, -0.05) is 30.3 Å². The summed E-state index contributed by atoms with van der Waals surface area (Å²) in [5.74, 6) is -0.573. The first-order valence-corrected chi connectivity index (χ1v) is 10.7. The van der Waals surface area contributed by atoms with Gasteiger partial charge in [0, 0.05) is 11.4 Å². The standard InChI is InChI=1S/C22H14N4O2S2/c27-19(21-25-15-8-1-3-10-17(15)29-21)23-13-6-5-7-14(12-13)24-20(28)22-26-16-9-2-4-11-18(16)30-22/h1-12H,(H,23,27)(H,24,28). The lowest BCUT2D eigenvalue weighted by Gasteiger charge is -2.07. The molecule has 0 bridgehead atoms. The van der Waals surface area contributed by atoms with Gasteiger partial charge in [-0.05, 0) is 42.5 Å². The van der Waals surface area contributed by atoms with Gasteiger partial charge >= 0.3 is 0 Å². The maximum Gasteiger partial charge on any atom is 0.284 e. The van der Waals surface area contributed by atoms with Crippen LogP contribution < -0.4 is 10.6 Å². The minimum atomic E-state index is -0.286. The Kier molecular flexibility index (Phi) is 4.70. The van der Waals surface area contributed by atoms with Crippen LogP contribution in [0.4, 0.5) is 11.4 Å². The van der Waals surface area contributed by atoms with Gasteiger partial charge < -0.3 is 10.6 Å². The zero-order valence-electron chi connectivity index (χ0n) is 15.5. The van der Waals surface area contributed by atoms with Gasteiger partial charge in [0.15, 0.2) is 10.0 Å². The summed E-state index contributed by atoms with van der Waals surface area (Å²) in [4.78, 5) is 33.9. The number of fused-ring (bicyclic) bond motifs is 2.